The van der Waals surface area contributed by atoms with Crippen LogP contribution in [-0.2, 0) is 0 Å². The number of nitrogens with zero attached hydrogens (tertiary/aromatic N) is 4. The van der Waals surface area contributed by atoms with E-state index in [0.717, 1.165) is 10.8 Å². The highest BCUT2D eigenvalue weighted by Crippen LogP contribution is 1.76. The van der Waals surface area contributed by atoms with Crippen molar-refractivity contribution in [2.45, 2.75) is 0 Å². The Morgan fingerprint density at radius 3 is 3.00 bits per heavy atom. The predicted octanol–water partition coefficient (Wildman–Crippen LogP) is -0.501. The lowest BCUT2D eigenvalue weighted by atomic mass is 10.6. The molecule has 1 aromatic heterocycles. The van der Waals surface area contributed by atoms with Gasteiger partial charge in [-0.15, -0.1) is 5.10 Å². The molecule has 0 unspecified atom stereocenters. The number of tetrazole rings is 1. The van der Waals surface area contributed by atoms with E-state index in [0.29, 0.717) is 0 Å². The van der Waals surface area contributed by atoms with Gasteiger partial charge in [-0.1, -0.05) is 6.58 Å². The van der Waals surface area contributed by atoms with Gasteiger partial charge in [0.1, 0.15) is 6.33 Å². The first-order chi connectivity index (χ1) is 4.34. The second-order valence-corrected chi connectivity index (χ2v) is 1.30. The van der Waals surface area contributed by atoms with Gasteiger partial charge in [-0.2, -0.15) is 4.68 Å². The smallest absolute Gasteiger partial charge is 0.267 e. The van der Waals surface area contributed by atoms with Crippen LogP contribution in [0, 0.1) is 0 Å². The molecule has 0 atom stereocenters. The zero-order valence-corrected chi connectivity index (χ0v) is 4.56. The first-order valence-corrected chi connectivity index (χ1v) is 2.24. The maximum absolute atomic E-state index is 10.6. The third-order valence-electron chi connectivity index (χ3n) is 0.749. The molecule has 0 aliphatic carbocycles. The zero-order chi connectivity index (χ0) is 6.69. The van der Waals surface area contributed by atoms with E-state index in [1.165, 1.54) is 6.33 Å². The summed E-state index contributed by atoms with van der Waals surface area (Å²) in [7, 11) is 0. The minimum absolute atomic E-state index is 0.333. The fraction of sp³-hybridized carbons (Fsp3) is 0. The van der Waals surface area contributed by atoms with Gasteiger partial charge >= 0.3 is 0 Å². The first-order valence-electron chi connectivity index (χ1n) is 2.24. The van der Waals surface area contributed by atoms with Crippen molar-refractivity contribution in [3.05, 3.63) is 19.0 Å². The Kier molecular flexibility index (Phi) is 1.35. The Hall–Kier alpha value is -1.52. The Morgan fingerprint density at radius 2 is 2.56 bits per heavy atom. The molecule has 46 valence electrons. The fourth-order valence-corrected chi connectivity index (χ4v) is 0.356. The van der Waals surface area contributed by atoms with Crippen molar-refractivity contribution in [2.24, 2.45) is 0 Å². The normalized spacial score (nSPS) is 8.89. The quantitative estimate of drug-likeness (QED) is 0.374. The van der Waals surface area contributed by atoms with Crippen LogP contribution in [0.3, 0.4) is 0 Å². The fourth-order valence-electron chi connectivity index (χ4n) is 0.356. The number of hydrogen-bond acceptors (Lipinski definition) is 4. The molecule has 0 aromatic carbocycles. The lowest BCUT2D eigenvalue weighted by Gasteiger charge is -1.84. The van der Waals surface area contributed by atoms with E-state index in [-0.39, 0.29) is 5.91 Å². The van der Waals surface area contributed by atoms with E-state index in [2.05, 4.69) is 22.1 Å². The average Bonchev–Trinajstić information content (AvgIpc) is 2.37. The van der Waals surface area contributed by atoms with Gasteiger partial charge in [0.2, 0.25) is 0 Å². The van der Waals surface area contributed by atoms with Crippen LogP contribution in [0.2, 0.25) is 0 Å². The molecule has 0 aliphatic heterocycles. The van der Waals surface area contributed by atoms with Crippen molar-refractivity contribution in [3.8, 4) is 0 Å². The molecule has 0 saturated heterocycles. The maximum atomic E-state index is 10.6. The summed E-state index contributed by atoms with van der Waals surface area (Å²) < 4.78 is 0.993. The molecule has 1 heterocycles. The van der Waals surface area contributed by atoms with Gasteiger partial charge in [-0.3, -0.25) is 4.79 Å². The SMILES string of the molecule is C=CC(=O)n1cnnn1. The molecule has 0 bridgehead atoms. The minimum atomic E-state index is -0.333. The average molecular weight is 124 g/mol. The lowest BCUT2D eigenvalue weighted by Crippen LogP contribution is -2.06. The highest BCUT2D eigenvalue weighted by molar-refractivity contribution is 5.88. The van der Waals surface area contributed by atoms with E-state index >= 15 is 0 Å². The third-order valence-corrected chi connectivity index (χ3v) is 0.749. The number of carbonyl (C=O) groups excluding carboxylic acids is 1. The van der Waals surface area contributed by atoms with Gasteiger partial charge in [0.05, 0.1) is 0 Å². The molecular weight excluding hydrogens is 120 g/mol. The van der Waals surface area contributed by atoms with Gasteiger partial charge in [-0.25, -0.2) is 0 Å². The van der Waals surface area contributed by atoms with Crippen LogP contribution in [0.1, 0.15) is 4.79 Å². The summed E-state index contributed by atoms with van der Waals surface area (Å²) >= 11 is 0. The van der Waals surface area contributed by atoms with Crippen molar-refractivity contribution in [2.75, 3.05) is 0 Å². The van der Waals surface area contributed by atoms with E-state index in [1.807, 2.05) is 0 Å². The molecule has 1 aromatic rings. The van der Waals surface area contributed by atoms with Gasteiger partial charge in [0.25, 0.3) is 5.91 Å². The number of allylic oxidation sites excluding steroid dienone is 1. The molecule has 0 spiro atoms. The molecule has 0 aliphatic rings. The Bertz CT molecular complexity index is 214. The lowest BCUT2D eigenvalue weighted by molar-refractivity contribution is 0.0952. The second kappa shape index (κ2) is 2.17. The monoisotopic (exact) mass is 124 g/mol. The maximum Gasteiger partial charge on any atom is 0.273 e. The zero-order valence-electron chi connectivity index (χ0n) is 4.56. The highest BCUT2D eigenvalue weighted by atomic mass is 16.2. The summed E-state index contributed by atoms with van der Waals surface area (Å²) in [6.45, 7) is 3.25. The van der Waals surface area contributed by atoms with Crippen molar-refractivity contribution >= 4 is 5.91 Å². The van der Waals surface area contributed by atoms with Crippen LogP contribution in [0.15, 0.2) is 19.0 Å². The van der Waals surface area contributed by atoms with Crippen LogP contribution in [-0.4, -0.2) is 26.1 Å². The van der Waals surface area contributed by atoms with Gasteiger partial charge in [0.15, 0.2) is 0 Å². The van der Waals surface area contributed by atoms with Crippen molar-refractivity contribution in [1.29, 1.82) is 0 Å². The predicted molar refractivity (Wildman–Crippen MR) is 28.6 cm³/mol. The molecule has 0 N–H and O–H groups in total. The summed E-state index contributed by atoms with van der Waals surface area (Å²) in [6, 6.07) is 0. The molecule has 0 amide bonds. The summed E-state index contributed by atoms with van der Waals surface area (Å²) in [5.41, 5.74) is 0. The number of carbonyl (C=O) groups is 1. The van der Waals surface area contributed by atoms with Crippen molar-refractivity contribution < 1.29 is 4.79 Å². The Balaban J connectivity index is 2.89. The van der Waals surface area contributed by atoms with E-state index in [9.17, 15) is 4.79 Å². The first kappa shape index (κ1) is 5.61. The molecule has 0 radical (unpaired) electrons. The van der Waals surface area contributed by atoms with E-state index < -0.39 is 0 Å². The molecular formula is C4H4N4O. The molecule has 0 fully saturated rings. The standard InChI is InChI=1S/C4H4N4O/c1-2-4(9)8-3-5-6-7-8/h2-3H,1H2. The van der Waals surface area contributed by atoms with Crippen LogP contribution < -0.4 is 0 Å². The highest BCUT2D eigenvalue weighted by Gasteiger charge is 1.96. The molecule has 1 rings (SSSR count). The molecule has 5 heteroatoms. The number of rotatable bonds is 1. The summed E-state index contributed by atoms with van der Waals surface area (Å²) in [6.07, 6.45) is 2.35. The van der Waals surface area contributed by atoms with Crippen LogP contribution >= 0.6 is 0 Å². The second-order valence-electron chi connectivity index (χ2n) is 1.30. The Labute approximate surface area is 51.0 Å². The summed E-state index contributed by atoms with van der Waals surface area (Å²) in [5.74, 6) is -0.333. The van der Waals surface area contributed by atoms with E-state index in [4.69, 9.17) is 0 Å². The summed E-state index contributed by atoms with van der Waals surface area (Å²) in [4.78, 5) is 10.6. The van der Waals surface area contributed by atoms with Gasteiger partial charge < -0.3 is 0 Å². The van der Waals surface area contributed by atoms with Crippen LogP contribution in [0.4, 0.5) is 0 Å². The van der Waals surface area contributed by atoms with Crippen molar-refractivity contribution in [3.63, 3.8) is 0 Å². The summed E-state index contributed by atoms with van der Waals surface area (Å²) in [5, 5.41) is 9.83. The molecule has 5 nitrogen and oxygen atoms in total. The molecule has 0 saturated carbocycles. The third kappa shape index (κ3) is 0.987. The largest absolute Gasteiger partial charge is 0.273 e. The Morgan fingerprint density at radius 1 is 1.78 bits per heavy atom. The van der Waals surface area contributed by atoms with Crippen molar-refractivity contribution in [1.82, 2.24) is 20.2 Å². The molecule has 9 heavy (non-hydrogen) atoms. The topological polar surface area (TPSA) is 60.7 Å². The number of aromatic nitrogens is 4. The minimum Gasteiger partial charge on any atom is -0.267 e. The van der Waals surface area contributed by atoms with Crippen LogP contribution in [0.5, 0.6) is 0 Å². The number of hydrogen-bond donors (Lipinski definition) is 0. The van der Waals surface area contributed by atoms with E-state index in [1.54, 1.807) is 0 Å². The van der Waals surface area contributed by atoms with Crippen LogP contribution in [0.25, 0.3) is 0 Å². The van der Waals surface area contributed by atoms with Gasteiger partial charge in [0, 0.05) is 0 Å². The van der Waals surface area contributed by atoms with Gasteiger partial charge in [-0.05, 0) is 16.5 Å².